The third kappa shape index (κ3) is 2.70. The van der Waals surface area contributed by atoms with Gasteiger partial charge in [-0.05, 0) is 122 Å². The highest BCUT2D eigenvalue weighted by molar-refractivity contribution is 5.82. The van der Waals surface area contributed by atoms with Crippen LogP contribution in [0.25, 0.3) is 0 Å². The largest absolute Gasteiger partial charge is 0.299 e. The first-order chi connectivity index (χ1) is 14.5. The maximum absolute atomic E-state index is 12.5. The van der Waals surface area contributed by atoms with Crippen molar-refractivity contribution in [2.75, 3.05) is 0 Å². The lowest BCUT2D eigenvalue weighted by Gasteiger charge is -2.61. The zero-order chi connectivity index (χ0) is 22.4. The van der Waals surface area contributed by atoms with Crippen LogP contribution in [0.2, 0.25) is 0 Å². The summed E-state index contributed by atoms with van der Waals surface area (Å²) in [6.45, 7) is 19.0. The predicted octanol–water partition coefficient (Wildman–Crippen LogP) is 8.23. The van der Waals surface area contributed by atoms with Crippen LogP contribution in [0.5, 0.6) is 0 Å². The second-order valence-electron chi connectivity index (χ2n) is 13.8. The van der Waals surface area contributed by atoms with Crippen molar-refractivity contribution < 1.29 is 4.79 Å². The molecule has 0 amide bonds. The summed E-state index contributed by atoms with van der Waals surface area (Å²) in [5.74, 6) is 4.92. The van der Waals surface area contributed by atoms with Crippen LogP contribution in [-0.4, -0.2) is 5.78 Å². The Labute approximate surface area is 192 Å². The Kier molecular flexibility index (Phi) is 4.99. The van der Waals surface area contributed by atoms with Crippen molar-refractivity contribution >= 4 is 5.78 Å². The highest BCUT2D eigenvalue weighted by Gasteiger charge is 2.81. The Balaban J connectivity index is 1.38. The van der Waals surface area contributed by atoms with Crippen molar-refractivity contribution in [3.8, 4) is 0 Å². The van der Waals surface area contributed by atoms with Crippen LogP contribution in [0.3, 0.4) is 0 Å². The summed E-state index contributed by atoms with van der Waals surface area (Å²) in [6.07, 6.45) is 14.8. The monoisotopic (exact) mass is 424 g/mol. The van der Waals surface area contributed by atoms with E-state index in [1.807, 2.05) is 0 Å². The zero-order valence-electron chi connectivity index (χ0n) is 21.4. The fourth-order valence-electron chi connectivity index (χ4n) is 10.8. The number of Topliss-reactive ketones (excluding diaryl/α,β-unsaturated/α-hetero) is 1. The first-order valence-electron chi connectivity index (χ1n) is 13.7. The van der Waals surface area contributed by atoms with Gasteiger partial charge in [-0.25, -0.2) is 0 Å². The Morgan fingerprint density at radius 2 is 1.74 bits per heavy atom. The van der Waals surface area contributed by atoms with Gasteiger partial charge in [-0.15, -0.1) is 0 Å². The number of allylic oxidation sites excluding steroid dienone is 1. The maximum Gasteiger partial charge on any atom is 0.136 e. The molecule has 5 saturated carbocycles. The Morgan fingerprint density at radius 1 is 1.00 bits per heavy atom. The third-order valence-electron chi connectivity index (χ3n) is 13.1. The average molecular weight is 425 g/mol. The van der Waals surface area contributed by atoms with Crippen LogP contribution >= 0.6 is 0 Å². The molecule has 1 heteroatoms. The Bertz CT molecular complexity index is 781. The Morgan fingerprint density at radius 3 is 2.45 bits per heavy atom. The molecule has 5 aliphatic rings. The minimum Gasteiger partial charge on any atom is -0.299 e. The van der Waals surface area contributed by atoms with Crippen molar-refractivity contribution in [3.63, 3.8) is 0 Å². The lowest BCUT2D eigenvalue weighted by atomic mass is 9.43. The lowest BCUT2D eigenvalue weighted by Crippen LogP contribution is -2.55. The molecule has 0 aromatic rings. The van der Waals surface area contributed by atoms with Gasteiger partial charge in [-0.2, -0.15) is 0 Å². The highest BCUT2D eigenvalue weighted by atomic mass is 16.1. The summed E-state index contributed by atoms with van der Waals surface area (Å²) in [7, 11) is 0. The van der Waals surface area contributed by atoms with E-state index in [4.69, 9.17) is 0 Å². The van der Waals surface area contributed by atoms with Crippen LogP contribution in [-0.2, 0) is 4.79 Å². The third-order valence-corrected chi connectivity index (χ3v) is 13.1. The van der Waals surface area contributed by atoms with Crippen LogP contribution in [0.4, 0.5) is 0 Å². The van der Waals surface area contributed by atoms with Crippen molar-refractivity contribution in [1.29, 1.82) is 0 Å². The molecule has 174 valence electrons. The maximum atomic E-state index is 12.5. The summed E-state index contributed by atoms with van der Waals surface area (Å²) in [5.41, 5.74) is 3.54. The molecule has 5 rings (SSSR count). The first-order valence-corrected chi connectivity index (χ1v) is 13.7. The minimum atomic E-state index is 0.335. The number of rotatable bonds is 5. The van der Waals surface area contributed by atoms with Gasteiger partial charge in [0.2, 0.25) is 0 Å². The van der Waals surface area contributed by atoms with E-state index in [9.17, 15) is 4.79 Å². The van der Waals surface area contributed by atoms with E-state index in [1.165, 1.54) is 69.8 Å². The fraction of sp³-hybridized carbons (Fsp3) is 0.900. The standard InChI is InChI=1S/C30H48O/c1-19(2)20(3)8-9-21(4)23-12-14-28(7)26-11-10-24-22(5)25(31)13-15-29(24)18-30(26,29)17-16-27(23,28)6/h20-24,26H,1,8-18H2,2-7H3/t20-,21+,22+,23+,24-,26-,27+,28-,29+,30-/m0/s1. The SMILES string of the molecule is C=C(C)[C@@H](C)CC[C@@H](C)[C@H]1CC[C@@]2(C)[C@@H]3CC[C@H]4[C@@H](C)C(=O)CC[C@@]45C[C@@]35CC[C@]12C. The van der Waals surface area contributed by atoms with Crippen molar-refractivity contribution in [2.24, 2.45) is 57.2 Å². The smallest absolute Gasteiger partial charge is 0.136 e. The molecule has 10 atom stereocenters. The number of ketones is 1. The number of carbonyl (C=O) groups excluding carboxylic acids is 1. The van der Waals surface area contributed by atoms with E-state index < -0.39 is 0 Å². The molecule has 5 fully saturated rings. The number of hydrogen-bond acceptors (Lipinski definition) is 1. The van der Waals surface area contributed by atoms with Crippen molar-refractivity contribution in [3.05, 3.63) is 12.2 Å². The molecule has 0 aromatic carbocycles. The van der Waals surface area contributed by atoms with Crippen molar-refractivity contribution in [1.82, 2.24) is 0 Å². The average Bonchev–Trinajstić information content (AvgIpc) is 3.31. The van der Waals surface area contributed by atoms with Gasteiger partial charge in [0.1, 0.15) is 5.78 Å². The van der Waals surface area contributed by atoms with Gasteiger partial charge in [0.25, 0.3) is 0 Å². The van der Waals surface area contributed by atoms with Gasteiger partial charge in [0.15, 0.2) is 0 Å². The van der Waals surface area contributed by atoms with Crippen LogP contribution in [0.1, 0.15) is 112 Å². The molecule has 2 spiro atoms. The summed E-state index contributed by atoms with van der Waals surface area (Å²) in [4.78, 5) is 12.5. The number of hydrogen-bond donors (Lipinski definition) is 0. The Hall–Kier alpha value is -0.590. The molecule has 31 heavy (non-hydrogen) atoms. The predicted molar refractivity (Wildman–Crippen MR) is 130 cm³/mol. The minimum absolute atomic E-state index is 0.335. The number of fused-ring (bicyclic) bond motifs is 2. The molecule has 0 aliphatic heterocycles. The molecule has 0 bridgehead atoms. The highest BCUT2D eigenvalue weighted by Crippen LogP contribution is 2.88. The number of carbonyl (C=O) groups is 1. The lowest BCUT2D eigenvalue weighted by molar-refractivity contribution is -0.146. The zero-order valence-corrected chi connectivity index (χ0v) is 21.4. The molecule has 0 unspecified atom stereocenters. The second-order valence-corrected chi connectivity index (χ2v) is 13.8. The first kappa shape index (κ1) is 22.2. The summed E-state index contributed by atoms with van der Waals surface area (Å²) in [5, 5.41) is 0. The van der Waals surface area contributed by atoms with Gasteiger partial charge in [-0.3, -0.25) is 4.79 Å². The van der Waals surface area contributed by atoms with E-state index in [0.29, 0.717) is 45.2 Å². The van der Waals surface area contributed by atoms with Crippen LogP contribution in [0.15, 0.2) is 12.2 Å². The molecule has 0 heterocycles. The van der Waals surface area contributed by atoms with Gasteiger partial charge in [0, 0.05) is 12.3 Å². The molecular weight excluding hydrogens is 376 g/mol. The fourth-order valence-corrected chi connectivity index (χ4v) is 10.8. The van der Waals surface area contributed by atoms with Crippen LogP contribution < -0.4 is 0 Å². The molecule has 5 aliphatic carbocycles. The summed E-state index contributed by atoms with van der Waals surface area (Å²) >= 11 is 0. The van der Waals surface area contributed by atoms with Gasteiger partial charge >= 0.3 is 0 Å². The molecular formula is C30H48O. The van der Waals surface area contributed by atoms with Gasteiger partial charge in [-0.1, -0.05) is 46.8 Å². The molecule has 0 saturated heterocycles. The van der Waals surface area contributed by atoms with E-state index in [-0.39, 0.29) is 0 Å². The quantitative estimate of drug-likeness (QED) is 0.406. The topological polar surface area (TPSA) is 17.1 Å². The van der Waals surface area contributed by atoms with Crippen LogP contribution in [0, 0.1) is 57.2 Å². The van der Waals surface area contributed by atoms with Crippen molar-refractivity contribution in [2.45, 2.75) is 112 Å². The molecule has 0 aromatic heterocycles. The molecule has 0 radical (unpaired) electrons. The van der Waals surface area contributed by atoms with E-state index in [1.54, 1.807) is 0 Å². The van der Waals surface area contributed by atoms with Gasteiger partial charge in [0.05, 0.1) is 0 Å². The van der Waals surface area contributed by atoms with Gasteiger partial charge < -0.3 is 0 Å². The normalized spacial score (nSPS) is 52.4. The molecule has 0 N–H and O–H groups in total. The van der Waals surface area contributed by atoms with E-state index in [2.05, 4.69) is 48.1 Å². The molecule has 1 nitrogen and oxygen atoms in total. The van der Waals surface area contributed by atoms with E-state index >= 15 is 0 Å². The summed E-state index contributed by atoms with van der Waals surface area (Å²) in [6, 6.07) is 0. The van der Waals surface area contributed by atoms with E-state index in [0.717, 1.165) is 24.2 Å². The second kappa shape index (κ2) is 6.96. The summed E-state index contributed by atoms with van der Waals surface area (Å²) < 4.78 is 0.